The quantitative estimate of drug-likeness (QED) is 0.546. The standard InChI is InChI=1S/C33H47N5O4/c1-32(2,3)35-27(39)20-22-19-25(31(42)37-15-8-7-9-16-37)33(4)29-24(14-17-38(33)30(22)41)23-12-10-21(18-26(23)34-29)11-13-28(40)36(5)6/h10,12,18,22,25,34H,7-9,11,13-17,19-20H2,1-6H3,(H,35,39)/t22-,25-,33+/m1/s1. The Morgan fingerprint density at radius 1 is 1.10 bits per heavy atom. The van der Waals surface area contributed by atoms with Crippen molar-refractivity contribution in [2.24, 2.45) is 11.8 Å². The molecule has 4 amide bonds. The van der Waals surface area contributed by atoms with E-state index < -0.39 is 22.9 Å². The molecule has 9 nitrogen and oxygen atoms in total. The molecule has 3 atom stereocenters. The minimum absolute atomic E-state index is 0.0450. The van der Waals surface area contributed by atoms with Gasteiger partial charge < -0.3 is 25.0 Å². The number of hydrogen-bond donors (Lipinski definition) is 2. The van der Waals surface area contributed by atoms with Gasteiger partial charge in [-0.05, 0) is 83.4 Å². The van der Waals surface area contributed by atoms with Gasteiger partial charge in [-0.3, -0.25) is 19.2 Å². The van der Waals surface area contributed by atoms with Crippen LogP contribution < -0.4 is 5.32 Å². The molecule has 5 rings (SSSR count). The largest absolute Gasteiger partial charge is 0.356 e. The SMILES string of the molecule is CN(C)C(=O)CCc1ccc2c3c([nH]c2c1)[C@]1(C)[C@@H](C(=O)N2CCCCC2)C[C@H](CC(=O)NC(C)(C)C)C(=O)N1CC3. The lowest BCUT2D eigenvalue weighted by molar-refractivity contribution is -0.165. The Hall–Kier alpha value is -3.36. The second-order valence-electron chi connectivity index (χ2n) is 13.9. The van der Waals surface area contributed by atoms with E-state index in [9.17, 15) is 19.2 Å². The number of carbonyl (C=O) groups excluding carboxylic acids is 4. The number of H-pyrrole nitrogens is 1. The summed E-state index contributed by atoms with van der Waals surface area (Å²) in [5.74, 6) is -1.01. The van der Waals surface area contributed by atoms with Crippen molar-refractivity contribution in [3.63, 3.8) is 0 Å². The van der Waals surface area contributed by atoms with Gasteiger partial charge in [0.2, 0.25) is 23.6 Å². The van der Waals surface area contributed by atoms with E-state index in [1.165, 1.54) is 0 Å². The van der Waals surface area contributed by atoms with Gasteiger partial charge >= 0.3 is 0 Å². The fraction of sp³-hybridized carbons (Fsp3) is 0.636. The lowest BCUT2D eigenvalue weighted by atomic mass is 9.67. The molecule has 9 heteroatoms. The minimum Gasteiger partial charge on any atom is -0.356 e. The summed E-state index contributed by atoms with van der Waals surface area (Å²) < 4.78 is 0. The zero-order valence-electron chi connectivity index (χ0n) is 26.1. The molecule has 2 fully saturated rings. The third kappa shape index (κ3) is 5.66. The molecule has 0 unspecified atom stereocenters. The number of aryl methyl sites for hydroxylation is 1. The number of piperidine rings is 2. The van der Waals surface area contributed by atoms with Crippen LogP contribution in [0.3, 0.4) is 0 Å². The number of carbonyl (C=O) groups is 4. The molecule has 0 spiro atoms. The monoisotopic (exact) mass is 577 g/mol. The number of hydrogen-bond acceptors (Lipinski definition) is 4. The van der Waals surface area contributed by atoms with E-state index in [0.717, 1.165) is 60.1 Å². The van der Waals surface area contributed by atoms with Crippen molar-refractivity contribution in [2.45, 2.75) is 90.1 Å². The molecule has 2 saturated heterocycles. The number of aromatic nitrogens is 1. The lowest BCUT2D eigenvalue weighted by Gasteiger charge is -2.54. The van der Waals surface area contributed by atoms with Gasteiger partial charge in [0.1, 0.15) is 0 Å². The second kappa shape index (κ2) is 11.4. The van der Waals surface area contributed by atoms with Crippen LogP contribution in [0.25, 0.3) is 10.9 Å². The van der Waals surface area contributed by atoms with Gasteiger partial charge in [0.25, 0.3) is 0 Å². The highest BCUT2D eigenvalue weighted by Gasteiger charge is 2.57. The third-order valence-corrected chi connectivity index (χ3v) is 9.48. The zero-order chi connectivity index (χ0) is 30.4. The van der Waals surface area contributed by atoms with E-state index in [2.05, 4.69) is 28.5 Å². The van der Waals surface area contributed by atoms with Crippen molar-refractivity contribution in [1.29, 1.82) is 0 Å². The molecule has 0 aliphatic carbocycles. The van der Waals surface area contributed by atoms with E-state index in [4.69, 9.17) is 0 Å². The summed E-state index contributed by atoms with van der Waals surface area (Å²) in [6.45, 7) is 9.83. The molecule has 0 radical (unpaired) electrons. The summed E-state index contributed by atoms with van der Waals surface area (Å²) in [6.07, 6.45) is 5.31. The summed E-state index contributed by atoms with van der Waals surface area (Å²) in [5.41, 5.74) is 2.91. The summed E-state index contributed by atoms with van der Waals surface area (Å²) in [4.78, 5) is 62.7. The zero-order valence-corrected chi connectivity index (χ0v) is 26.1. The topological polar surface area (TPSA) is 106 Å². The maximum absolute atomic E-state index is 14.3. The van der Waals surface area contributed by atoms with Crippen molar-refractivity contribution >= 4 is 34.5 Å². The number of benzene rings is 1. The minimum atomic E-state index is -0.837. The third-order valence-electron chi connectivity index (χ3n) is 9.48. The van der Waals surface area contributed by atoms with Crippen LogP contribution in [0, 0.1) is 11.8 Å². The molecule has 228 valence electrons. The first-order valence-corrected chi connectivity index (χ1v) is 15.5. The number of likely N-dealkylation sites (tertiary alicyclic amines) is 1. The highest BCUT2D eigenvalue weighted by Crippen LogP contribution is 2.50. The fourth-order valence-electron chi connectivity index (χ4n) is 7.29. The van der Waals surface area contributed by atoms with Crippen molar-refractivity contribution in [3.8, 4) is 0 Å². The van der Waals surface area contributed by atoms with Crippen LogP contribution in [-0.4, -0.2) is 82.6 Å². The van der Waals surface area contributed by atoms with Crippen molar-refractivity contribution < 1.29 is 19.2 Å². The van der Waals surface area contributed by atoms with E-state index in [1.807, 2.05) is 37.5 Å². The molecule has 2 N–H and O–H groups in total. The van der Waals surface area contributed by atoms with Crippen LogP contribution in [-0.2, 0) is 37.6 Å². The predicted molar refractivity (Wildman–Crippen MR) is 163 cm³/mol. The van der Waals surface area contributed by atoms with Crippen molar-refractivity contribution in [2.75, 3.05) is 33.7 Å². The van der Waals surface area contributed by atoms with Crippen LogP contribution in [0.1, 0.15) is 83.0 Å². The molecule has 4 heterocycles. The molecular formula is C33H47N5O4. The van der Waals surface area contributed by atoms with Crippen LogP contribution in [0.5, 0.6) is 0 Å². The first kappa shape index (κ1) is 30.1. The van der Waals surface area contributed by atoms with Crippen LogP contribution in [0.2, 0.25) is 0 Å². The first-order chi connectivity index (χ1) is 19.8. The molecule has 1 aromatic carbocycles. The number of aromatic amines is 1. The lowest BCUT2D eigenvalue weighted by Crippen LogP contribution is -2.64. The van der Waals surface area contributed by atoms with E-state index in [-0.39, 0.29) is 30.0 Å². The Bertz CT molecular complexity index is 1380. The van der Waals surface area contributed by atoms with Crippen molar-refractivity contribution in [1.82, 2.24) is 25.0 Å². The van der Waals surface area contributed by atoms with Crippen LogP contribution in [0.15, 0.2) is 18.2 Å². The molecule has 3 aliphatic rings. The second-order valence-corrected chi connectivity index (χ2v) is 13.9. The molecule has 0 saturated carbocycles. The maximum Gasteiger partial charge on any atom is 0.228 e. The Morgan fingerprint density at radius 2 is 1.81 bits per heavy atom. The Balaban J connectivity index is 1.51. The molecule has 42 heavy (non-hydrogen) atoms. The number of amides is 4. The highest BCUT2D eigenvalue weighted by molar-refractivity contribution is 5.93. The first-order valence-electron chi connectivity index (χ1n) is 15.5. The van der Waals surface area contributed by atoms with Crippen molar-refractivity contribution in [3.05, 3.63) is 35.0 Å². The van der Waals surface area contributed by atoms with E-state index in [1.54, 1.807) is 19.0 Å². The van der Waals surface area contributed by atoms with Gasteiger partial charge in [-0.1, -0.05) is 12.1 Å². The fourth-order valence-corrected chi connectivity index (χ4v) is 7.29. The average Bonchev–Trinajstić information content (AvgIpc) is 3.31. The van der Waals surface area contributed by atoms with Crippen LogP contribution >= 0.6 is 0 Å². The van der Waals surface area contributed by atoms with Gasteiger partial charge in [-0.25, -0.2) is 0 Å². The molecule has 0 bridgehead atoms. The Kier molecular flexibility index (Phi) is 8.16. The predicted octanol–water partition coefficient (Wildman–Crippen LogP) is 3.74. The number of nitrogens with zero attached hydrogens (tertiary/aromatic N) is 3. The molecule has 2 aromatic rings. The van der Waals surface area contributed by atoms with E-state index in [0.29, 0.717) is 32.2 Å². The highest BCUT2D eigenvalue weighted by atomic mass is 16.2. The normalized spacial score (nSPS) is 24.3. The smallest absolute Gasteiger partial charge is 0.228 e. The Morgan fingerprint density at radius 3 is 2.48 bits per heavy atom. The van der Waals surface area contributed by atoms with Crippen LogP contribution in [0.4, 0.5) is 0 Å². The number of rotatable bonds is 6. The van der Waals surface area contributed by atoms with Gasteiger partial charge in [0.15, 0.2) is 0 Å². The van der Waals surface area contributed by atoms with Gasteiger partial charge in [-0.15, -0.1) is 0 Å². The van der Waals surface area contributed by atoms with Gasteiger partial charge in [0, 0.05) is 74.6 Å². The molecule has 1 aromatic heterocycles. The maximum atomic E-state index is 14.3. The summed E-state index contributed by atoms with van der Waals surface area (Å²) >= 11 is 0. The molecule has 3 aliphatic heterocycles. The summed E-state index contributed by atoms with van der Waals surface area (Å²) in [7, 11) is 3.54. The number of nitrogens with one attached hydrogen (secondary N) is 2. The average molecular weight is 578 g/mol. The summed E-state index contributed by atoms with van der Waals surface area (Å²) in [6, 6.07) is 6.31. The summed E-state index contributed by atoms with van der Waals surface area (Å²) in [5, 5.41) is 4.11. The molecular weight excluding hydrogens is 530 g/mol. The van der Waals surface area contributed by atoms with Gasteiger partial charge in [0.05, 0.1) is 11.5 Å². The van der Waals surface area contributed by atoms with Gasteiger partial charge in [-0.2, -0.15) is 0 Å². The van der Waals surface area contributed by atoms with E-state index >= 15 is 0 Å². The number of fused-ring (bicyclic) bond motifs is 5. The Labute approximate surface area is 249 Å².